The van der Waals surface area contributed by atoms with Crippen molar-refractivity contribution < 1.29 is 9.53 Å². The van der Waals surface area contributed by atoms with Gasteiger partial charge in [-0.3, -0.25) is 0 Å². The molecule has 0 radical (unpaired) electrons. The standard InChI is InChI=1S/C12H12N2O3/c1-3-17-12(15)11-8(2)10(13-16)9-6-4-5-7-14(9)11/h4-7H,3H2,1-2H3. The Balaban J connectivity index is 2.74. The summed E-state index contributed by atoms with van der Waals surface area (Å²) in [4.78, 5) is 22.6. The predicted octanol–water partition coefficient (Wildman–Crippen LogP) is 2.82. The van der Waals surface area contributed by atoms with Crippen molar-refractivity contribution in [2.45, 2.75) is 13.8 Å². The van der Waals surface area contributed by atoms with Gasteiger partial charge in [0.25, 0.3) is 0 Å². The summed E-state index contributed by atoms with van der Waals surface area (Å²) in [5.41, 5.74) is 1.80. The number of rotatable bonds is 3. The van der Waals surface area contributed by atoms with Crippen LogP contribution in [0.3, 0.4) is 0 Å². The maximum absolute atomic E-state index is 11.8. The molecule has 0 spiro atoms. The monoisotopic (exact) mass is 232 g/mol. The van der Waals surface area contributed by atoms with Crippen LogP contribution in [0.1, 0.15) is 23.0 Å². The summed E-state index contributed by atoms with van der Waals surface area (Å²) in [6.45, 7) is 3.72. The van der Waals surface area contributed by atoms with E-state index in [0.29, 0.717) is 23.4 Å². The van der Waals surface area contributed by atoms with Crippen molar-refractivity contribution in [3.63, 3.8) is 0 Å². The van der Waals surface area contributed by atoms with E-state index in [4.69, 9.17) is 4.74 Å². The number of nitrogens with zero attached hydrogens (tertiary/aromatic N) is 2. The Labute approximate surface area is 98.0 Å². The molecule has 5 nitrogen and oxygen atoms in total. The number of esters is 1. The van der Waals surface area contributed by atoms with E-state index in [-0.39, 0.29) is 5.69 Å². The first-order valence-corrected chi connectivity index (χ1v) is 5.30. The lowest BCUT2D eigenvalue weighted by Gasteiger charge is -2.03. The van der Waals surface area contributed by atoms with Crippen LogP contribution in [0.2, 0.25) is 0 Å². The zero-order chi connectivity index (χ0) is 12.4. The van der Waals surface area contributed by atoms with Crippen molar-refractivity contribution in [2.75, 3.05) is 6.61 Å². The second-order valence-electron chi connectivity index (χ2n) is 3.59. The number of ether oxygens (including phenoxy) is 1. The Kier molecular flexibility index (Phi) is 2.91. The summed E-state index contributed by atoms with van der Waals surface area (Å²) in [5, 5.41) is 2.98. The summed E-state index contributed by atoms with van der Waals surface area (Å²) in [7, 11) is 0. The van der Waals surface area contributed by atoms with E-state index in [1.165, 1.54) is 0 Å². The maximum Gasteiger partial charge on any atom is 0.355 e. The normalized spacial score (nSPS) is 10.5. The summed E-state index contributed by atoms with van der Waals surface area (Å²) in [6, 6.07) is 5.31. The molecule has 2 rings (SSSR count). The van der Waals surface area contributed by atoms with Crippen LogP contribution in [0.15, 0.2) is 29.6 Å². The molecule has 0 aliphatic carbocycles. The molecule has 0 saturated carbocycles. The molecule has 5 heteroatoms. The van der Waals surface area contributed by atoms with E-state index in [9.17, 15) is 9.70 Å². The largest absolute Gasteiger partial charge is 0.461 e. The summed E-state index contributed by atoms with van der Waals surface area (Å²) in [5.74, 6) is -0.443. The Bertz CT molecular complexity index is 587. The number of carbonyl (C=O) groups excluding carboxylic acids is 1. The molecule has 0 aromatic carbocycles. The minimum Gasteiger partial charge on any atom is -0.461 e. The van der Waals surface area contributed by atoms with E-state index in [0.717, 1.165) is 0 Å². The number of pyridine rings is 1. The average Bonchev–Trinajstić information content (AvgIpc) is 2.61. The van der Waals surface area contributed by atoms with Crippen LogP contribution in [-0.2, 0) is 4.74 Å². The van der Waals surface area contributed by atoms with E-state index >= 15 is 0 Å². The lowest BCUT2D eigenvalue weighted by Crippen LogP contribution is -2.09. The molecule has 0 aliphatic rings. The van der Waals surface area contributed by atoms with Crippen LogP contribution in [0, 0.1) is 11.8 Å². The molecular formula is C12H12N2O3. The maximum atomic E-state index is 11.8. The zero-order valence-corrected chi connectivity index (χ0v) is 9.64. The second-order valence-corrected chi connectivity index (χ2v) is 3.59. The van der Waals surface area contributed by atoms with Crippen LogP contribution in [0.4, 0.5) is 5.69 Å². The van der Waals surface area contributed by atoms with Gasteiger partial charge >= 0.3 is 5.97 Å². The Hall–Kier alpha value is -2.17. The van der Waals surface area contributed by atoms with Crippen molar-refractivity contribution >= 4 is 17.2 Å². The van der Waals surface area contributed by atoms with E-state index in [1.807, 2.05) is 0 Å². The third-order valence-corrected chi connectivity index (χ3v) is 2.61. The minimum absolute atomic E-state index is 0.286. The summed E-state index contributed by atoms with van der Waals surface area (Å²) >= 11 is 0. The highest BCUT2D eigenvalue weighted by atomic mass is 16.5. The van der Waals surface area contributed by atoms with Gasteiger partial charge in [-0.2, -0.15) is 0 Å². The first-order valence-electron chi connectivity index (χ1n) is 5.30. The molecule has 0 saturated heterocycles. The van der Waals surface area contributed by atoms with E-state index in [1.54, 1.807) is 42.6 Å². The molecule has 0 unspecified atom stereocenters. The second kappa shape index (κ2) is 4.37. The van der Waals surface area contributed by atoms with Gasteiger partial charge in [0.05, 0.1) is 12.1 Å². The van der Waals surface area contributed by atoms with Crippen LogP contribution in [0.5, 0.6) is 0 Å². The highest BCUT2D eigenvalue weighted by molar-refractivity contribution is 5.95. The van der Waals surface area contributed by atoms with Gasteiger partial charge in [-0.25, -0.2) is 4.79 Å². The molecule has 0 atom stereocenters. The number of aromatic nitrogens is 1. The van der Waals surface area contributed by atoms with Crippen molar-refractivity contribution in [1.82, 2.24) is 4.40 Å². The number of carbonyl (C=O) groups is 1. The van der Waals surface area contributed by atoms with E-state index in [2.05, 4.69) is 5.18 Å². The van der Waals surface area contributed by atoms with Gasteiger partial charge in [-0.1, -0.05) is 6.07 Å². The third-order valence-electron chi connectivity index (χ3n) is 2.61. The topological polar surface area (TPSA) is 60.1 Å². The number of fused-ring (bicyclic) bond motifs is 1. The van der Waals surface area contributed by atoms with Crippen LogP contribution >= 0.6 is 0 Å². The van der Waals surface area contributed by atoms with Gasteiger partial charge < -0.3 is 9.14 Å². The average molecular weight is 232 g/mol. The van der Waals surface area contributed by atoms with Crippen molar-refractivity contribution in [3.05, 3.63) is 40.6 Å². The van der Waals surface area contributed by atoms with Gasteiger partial charge in [0.2, 0.25) is 0 Å². The van der Waals surface area contributed by atoms with Gasteiger partial charge in [0.1, 0.15) is 11.4 Å². The SMILES string of the molecule is CCOC(=O)c1c(C)c(N=O)c2ccccn12. The van der Waals surface area contributed by atoms with Gasteiger partial charge in [0, 0.05) is 11.8 Å². The molecule has 0 bridgehead atoms. The van der Waals surface area contributed by atoms with Crippen molar-refractivity contribution in [2.24, 2.45) is 5.18 Å². The van der Waals surface area contributed by atoms with Crippen LogP contribution in [-0.4, -0.2) is 17.0 Å². The fourth-order valence-electron chi connectivity index (χ4n) is 1.88. The highest BCUT2D eigenvalue weighted by Crippen LogP contribution is 2.30. The number of hydrogen-bond donors (Lipinski definition) is 0. The molecule has 2 aromatic rings. The fourth-order valence-corrected chi connectivity index (χ4v) is 1.88. The van der Waals surface area contributed by atoms with Gasteiger partial charge in [-0.15, -0.1) is 4.91 Å². The zero-order valence-electron chi connectivity index (χ0n) is 9.64. The van der Waals surface area contributed by atoms with Crippen LogP contribution < -0.4 is 0 Å². The van der Waals surface area contributed by atoms with Crippen molar-refractivity contribution in [1.29, 1.82) is 0 Å². The summed E-state index contributed by atoms with van der Waals surface area (Å²) in [6.07, 6.45) is 1.71. The molecule has 0 amide bonds. The van der Waals surface area contributed by atoms with Crippen molar-refractivity contribution in [3.8, 4) is 0 Å². The van der Waals surface area contributed by atoms with Gasteiger partial charge in [-0.05, 0) is 31.2 Å². The Morgan fingerprint density at radius 1 is 1.47 bits per heavy atom. The third kappa shape index (κ3) is 1.69. The summed E-state index contributed by atoms with van der Waals surface area (Å²) < 4.78 is 6.60. The first kappa shape index (κ1) is 11.3. The Morgan fingerprint density at radius 3 is 2.88 bits per heavy atom. The Morgan fingerprint density at radius 2 is 2.24 bits per heavy atom. The lowest BCUT2D eigenvalue weighted by molar-refractivity contribution is 0.0517. The fraction of sp³-hybridized carbons (Fsp3) is 0.250. The molecule has 88 valence electrons. The molecule has 0 N–H and O–H groups in total. The molecule has 0 fully saturated rings. The van der Waals surface area contributed by atoms with Gasteiger partial charge in [0.15, 0.2) is 0 Å². The molecule has 2 aromatic heterocycles. The highest BCUT2D eigenvalue weighted by Gasteiger charge is 2.21. The minimum atomic E-state index is -0.443. The lowest BCUT2D eigenvalue weighted by atomic mass is 10.2. The molecule has 2 heterocycles. The predicted molar refractivity (Wildman–Crippen MR) is 63.5 cm³/mol. The molecule has 0 aliphatic heterocycles. The van der Waals surface area contributed by atoms with Crippen LogP contribution in [0.25, 0.3) is 5.52 Å². The smallest absolute Gasteiger partial charge is 0.355 e. The quantitative estimate of drug-likeness (QED) is 0.603. The molecule has 17 heavy (non-hydrogen) atoms. The molecular weight excluding hydrogens is 220 g/mol. The number of hydrogen-bond acceptors (Lipinski definition) is 4. The number of nitroso groups, excluding NO2 is 1. The first-order chi connectivity index (χ1) is 8.20. The van der Waals surface area contributed by atoms with E-state index < -0.39 is 5.97 Å².